The van der Waals surface area contributed by atoms with Gasteiger partial charge in [0.2, 0.25) is 17.7 Å². The van der Waals surface area contributed by atoms with Crippen LogP contribution in [-0.2, 0) is 20.9 Å². The second-order valence-electron chi connectivity index (χ2n) is 8.04. The maximum absolute atomic E-state index is 13.1. The number of hydrogen-bond acceptors (Lipinski definition) is 3. The van der Waals surface area contributed by atoms with Crippen molar-refractivity contribution in [1.82, 2.24) is 14.7 Å². The summed E-state index contributed by atoms with van der Waals surface area (Å²) in [6.07, 6.45) is 4.72. The summed E-state index contributed by atoms with van der Waals surface area (Å²) in [5.41, 5.74) is 0.781. The maximum Gasteiger partial charge on any atom is 0.247 e. The lowest BCUT2D eigenvalue weighted by molar-refractivity contribution is -0.157. The summed E-state index contributed by atoms with van der Waals surface area (Å²) < 4.78 is 13.1. The molecule has 1 aliphatic carbocycles. The normalized spacial score (nSPS) is 23.8. The Kier molecular flexibility index (Phi) is 5.33. The van der Waals surface area contributed by atoms with Crippen molar-refractivity contribution in [3.05, 3.63) is 35.6 Å². The van der Waals surface area contributed by atoms with E-state index in [9.17, 15) is 18.8 Å². The summed E-state index contributed by atoms with van der Waals surface area (Å²) >= 11 is 0. The summed E-state index contributed by atoms with van der Waals surface area (Å²) in [5, 5.41) is 0. The molecular formula is C21H26FN3O3. The van der Waals surface area contributed by atoms with Crippen LogP contribution in [0.4, 0.5) is 4.39 Å². The zero-order valence-corrected chi connectivity index (χ0v) is 16.0. The molecule has 0 spiro atoms. The molecule has 4 rings (SSSR count). The molecule has 28 heavy (non-hydrogen) atoms. The summed E-state index contributed by atoms with van der Waals surface area (Å²) in [7, 11) is 0. The first kappa shape index (κ1) is 18.9. The monoisotopic (exact) mass is 387 g/mol. The molecule has 3 amide bonds. The standard InChI is InChI=1S/C21H26FN3O3/c22-17-8-6-15(7-9-17)12-24-14-19(26)25-11-3-10-23(13-18(25)21(24)28)20(27)16-4-1-2-5-16/h6-9,16,18H,1-5,10-14H2. The van der Waals surface area contributed by atoms with Crippen LogP contribution in [0.3, 0.4) is 0 Å². The molecule has 2 saturated heterocycles. The van der Waals surface area contributed by atoms with E-state index in [2.05, 4.69) is 0 Å². The Morgan fingerprint density at radius 1 is 1.04 bits per heavy atom. The first-order chi connectivity index (χ1) is 13.5. The Hall–Kier alpha value is -2.44. The van der Waals surface area contributed by atoms with Crippen LogP contribution in [0, 0.1) is 11.7 Å². The van der Waals surface area contributed by atoms with Crippen LogP contribution in [0.5, 0.6) is 0 Å². The van der Waals surface area contributed by atoms with Gasteiger partial charge in [0.05, 0.1) is 6.54 Å². The summed E-state index contributed by atoms with van der Waals surface area (Å²) in [5.74, 6) is -0.343. The smallest absolute Gasteiger partial charge is 0.247 e. The van der Waals surface area contributed by atoms with E-state index in [0.717, 1.165) is 31.2 Å². The number of carbonyl (C=O) groups is 3. The average Bonchev–Trinajstić information content (AvgIpc) is 3.13. The number of piperazine rings is 1. The highest BCUT2D eigenvalue weighted by atomic mass is 19.1. The SMILES string of the molecule is O=C(C1CCCC1)N1CCCN2C(=O)CN(Cc3ccc(F)cc3)C(=O)C2C1. The summed E-state index contributed by atoms with van der Waals surface area (Å²) in [6, 6.07) is 5.34. The largest absolute Gasteiger partial charge is 0.340 e. The fourth-order valence-electron chi connectivity index (χ4n) is 4.61. The Bertz CT molecular complexity index is 761. The van der Waals surface area contributed by atoms with Crippen molar-refractivity contribution in [3.8, 4) is 0 Å². The van der Waals surface area contributed by atoms with Gasteiger partial charge in [0.25, 0.3) is 0 Å². The molecular weight excluding hydrogens is 361 g/mol. The predicted molar refractivity (Wildman–Crippen MR) is 100 cm³/mol. The van der Waals surface area contributed by atoms with Crippen LogP contribution in [0.1, 0.15) is 37.7 Å². The molecule has 0 bridgehead atoms. The van der Waals surface area contributed by atoms with Gasteiger partial charge < -0.3 is 14.7 Å². The van der Waals surface area contributed by atoms with Gasteiger partial charge >= 0.3 is 0 Å². The van der Waals surface area contributed by atoms with E-state index in [0.29, 0.717) is 19.5 Å². The predicted octanol–water partition coefficient (Wildman–Crippen LogP) is 1.79. The number of rotatable bonds is 3. The topological polar surface area (TPSA) is 60.9 Å². The minimum atomic E-state index is -0.616. The number of carbonyl (C=O) groups excluding carboxylic acids is 3. The highest BCUT2D eigenvalue weighted by Crippen LogP contribution is 2.28. The Morgan fingerprint density at radius 2 is 1.75 bits per heavy atom. The second kappa shape index (κ2) is 7.89. The fourth-order valence-corrected chi connectivity index (χ4v) is 4.61. The van der Waals surface area contributed by atoms with Crippen molar-refractivity contribution in [1.29, 1.82) is 0 Å². The number of amides is 3. The molecule has 7 heteroatoms. The van der Waals surface area contributed by atoms with Crippen LogP contribution in [0.2, 0.25) is 0 Å². The first-order valence-electron chi connectivity index (χ1n) is 10.1. The van der Waals surface area contributed by atoms with Gasteiger partial charge in [-0.3, -0.25) is 14.4 Å². The van der Waals surface area contributed by atoms with E-state index < -0.39 is 6.04 Å². The lowest BCUT2D eigenvalue weighted by Crippen LogP contribution is -2.61. The number of halogens is 1. The zero-order valence-electron chi connectivity index (χ0n) is 16.0. The van der Waals surface area contributed by atoms with Crippen molar-refractivity contribution in [2.75, 3.05) is 26.2 Å². The van der Waals surface area contributed by atoms with Gasteiger partial charge in [0.15, 0.2) is 0 Å². The second-order valence-corrected chi connectivity index (χ2v) is 8.04. The van der Waals surface area contributed by atoms with Gasteiger partial charge in [-0.05, 0) is 37.0 Å². The van der Waals surface area contributed by atoms with Gasteiger partial charge in [-0.15, -0.1) is 0 Å². The van der Waals surface area contributed by atoms with Crippen molar-refractivity contribution < 1.29 is 18.8 Å². The lowest BCUT2D eigenvalue weighted by Gasteiger charge is -2.40. The lowest BCUT2D eigenvalue weighted by atomic mass is 10.1. The molecule has 0 N–H and O–H groups in total. The molecule has 2 aliphatic heterocycles. The highest BCUT2D eigenvalue weighted by molar-refractivity contribution is 5.95. The molecule has 1 aromatic carbocycles. The fraction of sp³-hybridized carbons (Fsp3) is 0.571. The molecule has 1 aromatic rings. The first-order valence-corrected chi connectivity index (χ1v) is 10.1. The minimum absolute atomic E-state index is 0.0310. The molecule has 1 saturated carbocycles. The molecule has 6 nitrogen and oxygen atoms in total. The summed E-state index contributed by atoms with van der Waals surface area (Å²) in [4.78, 5) is 43.7. The molecule has 1 unspecified atom stereocenters. The molecule has 3 fully saturated rings. The number of benzene rings is 1. The quantitative estimate of drug-likeness (QED) is 0.795. The van der Waals surface area contributed by atoms with Gasteiger partial charge in [-0.25, -0.2) is 4.39 Å². The third-order valence-electron chi connectivity index (χ3n) is 6.14. The van der Waals surface area contributed by atoms with E-state index >= 15 is 0 Å². The number of hydrogen-bond donors (Lipinski definition) is 0. The Labute approximate surface area is 164 Å². The van der Waals surface area contributed by atoms with Gasteiger partial charge in [-0.1, -0.05) is 25.0 Å². The molecule has 2 heterocycles. The maximum atomic E-state index is 13.1. The summed E-state index contributed by atoms with van der Waals surface area (Å²) in [6.45, 7) is 1.68. The Morgan fingerprint density at radius 3 is 2.46 bits per heavy atom. The van der Waals surface area contributed by atoms with Gasteiger partial charge in [0.1, 0.15) is 18.4 Å². The highest BCUT2D eigenvalue weighted by Gasteiger charge is 2.42. The number of fused-ring (bicyclic) bond motifs is 1. The van der Waals surface area contributed by atoms with Gasteiger partial charge in [0, 0.05) is 25.6 Å². The van der Waals surface area contributed by atoms with Crippen LogP contribution in [-0.4, -0.2) is 64.6 Å². The molecule has 1 atom stereocenters. The van der Waals surface area contributed by atoms with Crippen molar-refractivity contribution >= 4 is 17.7 Å². The average molecular weight is 387 g/mol. The number of nitrogens with zero attached hydrogens (tertiary/aromatic N) is 3. The van der Waals surface area contributed by atoms with E-state index in [1.807, 2.05) is 0 Å². The van der Waals surface area contributed by atoms with Crippen LogP contribution >= 0.6 is 0 Å². The minimum Gasteiger partial charge on any atom is -0.340 e. The van der Waals surface area contributed by atoms with Crippen molar-refractivity contribution in [2.45, 2.75) is 44.7 Å². The van der Waals surface area contributed by atoms with E-state index in [1.165, 1.54) is 17.0 Å². The van der Waals surface area contributed by atoms with Gasteiger partial charge in [-0.2, -0.15) is 0 Å². The molecule has 0 radical (unpaired) electrons. The third-order valence-corrected chi connectivity index (χ3v) is 6.14. The van der Waals surface area contributed by atoms with Crippen molar-refractivity contribution in [2.24, 2.45) is 5.92 Å². The van der Waals surface area contributed by atoms with E-state index in [1.54, 1.807) is 21.9 Å². The van der Waals surface area contributed by atoms with E-state index in [4.69, 9.17) is 0 Å². The molecule has 150 valence electrons. The van der Waals surface area contributed by atoms with Crippen molar-refractivity contribution in [3.63, 3.8) is 0 Å². The van der Waals surface area contributed by atoms with Crippen LogP contribution < -0.4 is 0 Å². The molecule has 3 aliphatic rings. The van der Waals surface area contributed by atoms with E-state index in [-0.39, 0.29) is 49.1 Å². The zero-order chi connectivity index (χ0) is 19.7. The van der Waals surface area contributed by atoms with Crippen LogP contribution in [0.15, 0.2) is 24.3 Å². The Balaban J connectivity index is 1.49. The van der Waals surface area contributed by atoms with Crippen LogP contribution in [0.25, 0.3) is 0 Å². The third kappa shape index (κ3) is 3.75. The molecule has 0 aromatic heterocycles.